The van der Waals surface area contributed by atoms with E-state index in [2.05, 4.69) is 21.3 Å². The molecule has 10 nitrogen and oxygen atoms in total. The standard InChI is InChI=1S/C24H30N6O4/c1-29(2)13-25-11-21(31)27-15-5-7-17-19(9-15)24(34)20-10-16(6-8-18(20)23(17)33)28-22(32)12-26-14-30(3)4/h5-10,25-26H,11-14H2,1-4H3,(H,27,31)(H,28,32). The lowest BCUT2D eigenvalue weighted by Crippen LogP contribution is -2.34. The van der Waals surface area contributed by atoms with Gasteiger partial charge in [-0.2, -0.15) is 0 Å². The molecular weight excluding hydrogens is 436 g/mol. The Morgan fingerprint density at radius 1 is 0.647 bits per heavy atom. The molecule has 0 saturated carbocycles. The number of carbonyl (C=O) groups excluding carboxylic acids is 4. The molecule has 3 rings (SSSR count). The first-order chi connectivity index (χ1) is 16.2. The number of nitrogens with zero attached hydrogens (tertiary/aromatic N) is 2. The second kappa shape index (κ2) is 11.1. The van der Waals surface area contributed by atoms with Gasteiger partial charge in [-0.05, 0) is 64.6 Å². The Morgan fingerprint density at radius 3 is 1.41 bits per heavy atom. The third-order valence-corrected chi connectivity index (χ3v) is 5.01. The Morgan fingerprint density at radius 2 is 1.03 bits per heavy atom. The molecule has 10 heteroatoms. The zero-order valence-electron chi connectivity index (χ0n) is 19.8. The van der Waals surface area contributed by atoms with Crippen molar-refractivity contribution in [1.29, 1.82) is 0 Å². The van der Waals surface area contributed by atoms with Gasteiger partial charge >= 0.3 is 0 Å². The molecule has 1 aliphatic rings. The largest absolute Gasteiger partial charge is 0.325 e. The average molecular weight is 467 g/mol. The Labute approximate surface area is 198 Å². The predicted molar refractivity (Wildman–Crippen MR) is 130 cm³/mol. The highest BCUT2D eigenvalue weighted by Crippen LogP contribution is 2.31. The molecule has 2 aromatic rings. The van der Waals surface area contributed by atoms with Gasteiger partial charge in [0.2, 0.25) is 11.8 Å². The summed E-state index contributed by atoms with van der Waals surface area (Å²) in [5, 5.41) is 11.5. The zero-order chi connectivity index (χ0) is 24.8. The van der Waals surface area contributed by atoms with Crippen LogP contribution >= 0.6 is 0 Å². The van der Waals surface area contributed by atoms with E-state index in [1.165, 1.54) is 12.1 Å². The quantitative estimate of drug-likeness (QED) is 0.320. The maximum absolute atomic E-state index is 13.2. The molecule has 0 fully saturated rings. The van der Waals surface area contributed by atoms with E-state index < -0.39 is 0 Å². The van der Waals surface area contributed by atoms with Crippen LogP contribution < -0.4 is 21.3 Å². The first-order valence-corrected chi connectivity index (χ1v) is 10.8. The normalized spacial score (nSPS) is 12.5. The number of hydrogen-bond donors (Lipinski definition) is 4. The lowest BCUT2D eigenvalue weighted by molar-refractivity contribution is -0.116. The molecule has 2 aromatic carbocycles. The third-order valence-electron chi connectivity index (χ3n) is 5.01. The van der Waals surface area contributed by atoms with Gasteiger partial charge in [-0.1, -0.05) is 0 Å². The van der Waals surface area contributed by atoms with Crippen molar-refractivity contribution in [1.82, 2.24) is 20.4 Å². The van der Waals surface area contributed by atoms with Crippen LogP contribution in [0.3, 0.4) is 0 Å². The molecule has 34 heavy (non-hydrogen) atoms. The molecule has 0 radical (unpaired) electrons. The van der Waals surface area contributed by atoms with E-state index in [-0.39, 0.29) is 58.7 Å². The van der Waals surface area contributed by atoms with Gasteiger partial charge in [0.25, 0.3) is 0 Å². The summed E-state index contributed by atoms with van der Waals surface area (Å²) in [5.74, 6) is -1.14. The summed E-state index contributed by atoms with van der Waals surface area (Å²) in [4.78, 5) is 54.3. The molecule has 0 saturated heterocycles. The summed E-state index contributed by atoms with van der Waals surface area (Å²) >= 11 is 0. The fourth-order valence-corrected chi connectivity index (χ4v) is 3.50. The fraction of sp³-hybridized carbons (Fsp3) is 0.333. The fourth-order valence-electron chi connectivity index (χ4n) is 3.50. The van der Waals surface area contributed by atoms with Gasteiger partial charge in [-0.25, -0.2) is 0 Å². The van der Waals surface area contributed by atoms with Crippen LogP contribution in [0.4, 0.5) is 11.4 Å². The van der Waals surface area contributed by atoms with Crippen LogP contribution in [0.1, 0.15) is 31.8 Å². The number of fused-ring (bicyclic) bond motifs is 2. The first-order valence-electron chi connectivity index (χ1n) is 10.8. The maximum Gasteiger partial charge on any atom is 0.238 e. The Balaban J connectivity index is 1.73. The van der Waals surface area contributed by atoms with Gasteiger partial charge < -0.3 is 10.6 Å². The lowest BCUT2D eigenvalue weighted by atomic mass is 9.83. The van der Waals surface area contributed by atoms with Crippen molar-refractivity contribution in [2.75, 3.05) is 65.3 Å². The number of rotatable bonds is 10. The van der Waals surface area contributed by atoms with Crippen molar-refractivity contribution in [2.24, 2.45) is 0 Å². The lowest BCUT2D eigenvalue weighted by Gasteiger charge is -2.19. The van der Waals surface area contributed by atoms with E-state index in [4.69, 9.17) is 0 Å². The average Bonchev–Trinajstić information content (AvgIpc) is 2.77. The highest BCUT2D eigenvalue weighted by atomic mass is 16.2. The van der Waals surface area contributed by atoms with Crippen molar-refractivity contribution in [3.63, 3.8) is 0 Å². The Kier molecular flexibility index (Phi) is 8.24. The SMILES string of the molecule is CN(C)CNCC(=O)Nc1ccc2c(c1)C(=O)c1cc(NC(=O)CNCN(C)C)ccc1C2=O. The number of anilines is 2. The minimum Gasteiger partial charge on any atom is -0.325 e. The summed E-state index contributed by atoms with van der Waals surface area (Å²) in [7, 11) is 7.53. The van der Waals surface area contributed by atoms with Crippen LogP contribution in [-0.2, 0) is 9.59 Å². The molecule has 0 unspecified atom stereocenters. The van der Waals surface area contributed by atoms with Crippen molar-refractivity contribution in [2.45, 2.75) is 0 Å². The third kappa shape index (κ3) is 6.33. The van der Waals surface area contributed by atoms with Crippen molar-refractivity contribution < 1.29 is 19.2 Å². The van der Waals surface area contributed by atoms with Gasteiger partial charge in [0, 0.05) is 47.0 Å². The molecule has 4 N–H and O–H groups in total. The van der Waals surface area contributed by atoms with Crippen molar-refractivity contribution >= 4 is 34.8 Å². The summed E-state index contributed by atoms with van der Waals surface area (Å²) in [6.07, 6.45) is 0. The number of benzene rings is 2. The summed E-state index contributed by atoms with van der Waals surface area (Å²) in [5.41, 5.74) is 1.85. The molecule has 0 bridgehead atoms. The predicted octanol–water partition coefficient (Wildman–Crippen LogP) is 0.556. The minimum absolute atomic E-state index is 0.109. The van der Waals surface area contributed by atoms with Gasteiger partial charge in [0.05, 0.1) is 13.1 Å². The van der Waals surface area contributed by atoms with E-state index in [0.29, 0.717) is 24.7 Å². The number of carbonyl (C=O) groups is 4. The van der Waals surface area contributed by atoms with Gasteiger partial charge in [0.1, 0.15) is 0 Å². The highest BCUT2D eigenvalue weighted by molar-refractivity contribution is 6.29. The number of nitrogens with one attached hydrogen (secondary N) is 4. The topological polar surface area (TPSA) is 123 Å². The van der Waals surface area contributed by atoms with Crippen LogP contribution in [0.15, 0.2) is 36.4 Å². The van der Waals surface area contributed by atoms with Crippen molar-refractivity contribution in [3.05, 3.63) is 58.7 Å². The first kappa shape index (κ1) is 25.2. The maximum atomic E-state index is 13.2. The van der Waals surface area contributed by atoms with E-state index in [9.17, 15) is 19.2 Å². The molecule has 0 spiro atoms. The Hall–Kier alpha value is -3.44. The van der Waals surface area contributed by atoms with E-state index in [0.717, 1.165) is 0 Å². The van der Waals surface area contributed by atoms with Gasteiger partial charge in [-0.3, -0.25) is 39.6 Å². The second-order valence-corrected chi connectivity index (χ2v) is 8.60. The molecule has 0 atom stereocenters. The Bertz CT molecular complexity index is 1030. The number of amides is 2. The highest BCUT2D eigenvalue weighted by Gasteiger charge is 2.30. The van der Waals surface area contributed by atoms with Crippen LogP contribution in [0.5, 0.6) is 0 Å². The smallest absolute Gasteiger partial charge is 0.238 e. The summed E-state index contributed by atoms with van der Waals surface area (Å²) in [6, 6.07) is 9.33. The van der Waals surface area contributed by atoms with Crippen molar-refractivity contribution in [3.8, 4) is 0 Å². The van der Waals surface area contributed by atoms with E-state index >= 15 is 0 Å². The molecule has 1 aliphatic carbocycles. The molecule has 0 aliphatic heterocycles. The molecule has 2 amide bonds. The van der Waals surface area contributed by atoms with Crippen LogP contribution in [0.2, 0.25) is 0 Å². The number of ketones is 2. The van der Waals surface area contributed by atoms with Crippen LogP contribution in [-0.4, -0.2) is 87.8 Å². The molecule has 0 aromatic heterocycles. The van der Waals surface area contributed by atoms with E-state index in [1.807, 2.05) is 38.0 Å². The zero-order valence-corrected chi connectivity index (χ0v) is 19.8. The van der Waals surface area contributed by atoms with E-state index in [1.54, 1.807) is 24.3 Å². The molecule has 0 heterocycles. The van der Waals surface area contributed by atoms with Crippen LogP contribution in [0, 0.1) is 0 Å². The molecule has 180 valence electrons. The van der Waals surface area contributed by atoms with Gasteiger partial charge in [0.15, 0.2) is 11.6 Å². The van der Waals surface area contributed by atoms with Crippen LogP contribution in [0.25, 0.3) is 0 Å². The summed E-state index contributed by atoms with van der Waals surface area (Å²) < 4.78 is 0. The monoisotopic (exact) mass is 466 g/mol. The molecular formula is C24H30N6O4. The summed E-state index contributed by atoms with van der Waals surface area (Å²) in [6.45, 7) is 1.31. The van der Waals surface area contributed by atoms with Gasteiger partial charge in [-0.15, -0.1) is 0 Å². The second-order valence-electron chi connectivity index (χ2n) is 8.60. The minimum atomic E-state index is -0.340. The number of hydrogen-bond acceptors (Lipinski definition) is 8.